The number of thioether (sulfide) groups is 1. The molecule has 0 saturated carbocycles. The number of aromatic nitrogens is 3. The number of fused-ring (bicyclic) bond motifs is 1. The van der Waals surface area contributed by atoms with Gasteiger partial charge >= 0.3 is 0 Å². The lowest BCUT2D eigenvalue weighted by Crippen LogP contribution is -2.38. The minimum Gasteiger partial charge on any atom is -0.318 e. The molecule has 3 rings (SSSR count). The van der Waals surface area contributed by atoms with Crippen molar-refractivity contribution in [3.8, 4) is 11.4 Å². The Labute approximate surface area is 115 Å². The van der Waals surface area contributed by atoms with E-state index in [0.29, 0.717) is 12.0 Å². The van der Waals surface area contributed by atoms with Gasteiger partial charge in [-0.2, -0.15) is 0 Å². The molecular weight excluding hydrogens is 263 g/mol. The number of nitrogens with zero attached hydrogens (tertiary/aromatic N) is 3. The zero-order chi connectivity index (χ0) is 13.4. The van der Waals surface area contributed by atoms with E-state index in [1.165, 1.54) is 12.1 Å². The normalized spacial score (nSPS) is 18.2. The third-order valence-electron chi connectivity index (χ3n) is 3.23. The molecule has 1 atom stereocenters. The van der Waals surface area contributed by atoms with Gasteiger partial charge in [0.2, 0.25) is 5.16 Å². The summed E-state index contributed by atoms with van der Waals surface area (Å²) in [5.74, 6) is 2.00. The second kappa shape index (κ2) is 4.85. The molecule has 0 bridgehead atoms. The fourth-order valence-electron chi connectivity index (χ4n) is 1.97. The van der Waals surface area contributed by atoms with Crippen LogP contribution < -0.4 is 5.43 Å². The van der Waals surface area contributed by atoms with Crippen LogP contribution in [0.4, 0.5) is 4.39 Å². The highest BCUT2D eigenvalue weighted by Gasteiger charge is 2.25. The molecule has 1 aromatic heterocycles. The van der Waals surface area contributed by atoms with Gasteiger partial charge in [-0.05, 0) is 30.2 Å². The highest BCUT2D eigenvalue weighted by molar-refractivity contribution is 7.99. The van der Waals surface area contributed by atoms with Gasteiger partial charge in [0, 0.05) is 11.3 Å². The summed E-state index contributed by atoms with van der Waals surface area (Å²) in [6, 6.07) is 6.70. The van der Waals surface area contributed by atoms with E-state index in [2.05, 4.69) is 29.5 Å². The van der Waals surface area contributed by atoms with E-state index in [-0.39, 0.29) is 5.82 Å². The van der Waals surface area contributed by atoms with Gasteiger partial charge in [0.15, 0.2) is 5.82 Å². The molecule has 1 aromatic carbocycles. The largest absolute Gasteiger partial charge is 0.318 e. The topological polar surface area (TPSA) is 42.7 Å². The Hall–Kier alpha value is -1.56. The lowest BCUT2D eigenvalue weighted by Gasteiger charge is -2.28. The average Bonchev–Trinajstić information content (AvgIpc) is 2.82. The summed E-state index contributed by atoms with van der Waals surface area (Å²) in [5.41, 5.74) is 4.29. The fourth-order valence-corrected chi connectivity index (χ4v) is 3.13. The minimum atomic E-state index is -0.246. The first-order valence-corrected chi connectivity index (χ1v) is 7.24. The van der Waals surface area contributed by atoms with Crippen molar-refractivity contribution in [2.24, 2.45) is 5.92 Å². The number of nitrogens with one attached hydrogen (secondary N) is 1. The molecule has 2 aromatic rings. The van der Waals surface area contributed by atoms with Crippen molar-refractivity contribution >= 4 is 11.8 Å². The molecule has 0 radical (unpaired) electrons. The van der Waals surface area contributed by atoms with E-state index >= 15 is 0 Å². The summed E-state index contributed by atoms with van der Waals surface area (Å²) in [4.78, 5) is 0. The molecule has 1 N–H and O–H groups in total. The van der Waals surface area contributed by atoms with Crippen molar-refractivity contribution in [3.05, 3.63) is 30.1 Å². The minimum absolute atomic E-state index is 0.246. The third kappa shape index (κ3) is 2.32. The van der Waals surface area contributed by atoms with Crippen LogP contribution in [0.25, 0.3) is 11.4 Å². The number of benzene rings is 1. The molecule has 6 heteroatoms. The SMILES string of the molecule is CC(C)C1CSc2nnc(-c3ccc(F)cc3)n2N1. The molecule has 1 aliphatic heterocycles. The van der Waals surface area contributed by atoms with Crippen LogP contribution in [0.3, 0.4) is 0 Å². The Morgan fingerprint density at radius 3 is 2.74 bits per heavy atom. The van der Waals surface area contributed by atoms with Crippen molar-refractivity contribution in [1.82, 2.24) is 14.9 Å². The van der Waals surface area contributed by atoms with Crippen LogP contribution in [0.2, 0.25) is 0 Å². The zero-order valence-electron chi connectivity index (χ0n) is 10.8. The molecule has 0 fully saturated rings. The molecule has 0 aliphatic carbocycles. The number of halogens is 1. The predicted octanol–water partition coefficient (Wildman–Crippen LogP) is 2.76. The van der Waals surface area contributed by atoms with Crippen molar-refractivity contribution < 1.29 is 4.39 Å². The first-order valence-electron chi connectivity index (χ1n) is 6.26. The van der Waals surface area contributed by atoms with Crippen LogP contribution >= 0.6 is 11.8 Å². The second-order valence-electron chi connectivity index (χ2n) is 4.94. The molecule has 0 amide bonds. The number of hydrogen-bond acceptors (Lipinski definition) is 4. The van der Waals surface area contributed by atoms with Crippen molar-refractivity contribution in [2.45, 2.75) is 25.0 Å². The Bertz CT molecular complexity index is 579. The molecule has 1 unspecified atom stereocenters. The first-order chi connectivity index (χ1) is 9.15. The Balaban J connectivity index is 1.97. The van der Waals surface area contributed by atoms with Crippen LogP contribution in [-0.4, -0.2) is 26.7 Å². The van der Waals surface area contributed by atoms with E-state index in [0.717, 1.165) is 22.3 Å². The molecule has 19 heavy (non-hydrogen) atoms. The fraction of sp³-hybridized carbons (Fsp3) is 0.385. The van der Waals surface area contributed by atoms with E-state index < -0.39 is 0 Å². The van der Waals surface area contributed by atoms with E-state index in [1.807, 2.05) is 4.68 Å². The summed E-state index contributed by atoms with van der Waals surface area (Å²) in [5, 5.41) is 9.23. The predicted molar refractivity (Wildman–Crippen MR) is 74.1 cm³/mol. The molecule has 0 spiro atoms. The molecule has 0 saturated heterocycles. The first kappa shape index (κ1) is 12.5. The Kier molecular flexibility index (Phi) is 3.18. The van der Waals surface area contributed by atoms with Crippen LogP contribution in [0.5, 0.6) is 0 Å². The zero-order valence-corrected chi connectivity index (χ0v) is 11.6. The van der Waals surface area contributed by atoms with Gasteiger partial charge in [0.25, 0.3) is 0 Å². The quantitative estimate of drug-likeness (QED) is 0.917. The summed E-state index contributed by atoms with van der Waals surface area (Å²) in [6.07, 6.45) is 0. The molecule has 4 nitrogen and oxygen atoms in total. The van der Waals surface area contributed by atoms with Gasteiger partial charge in [-0.1, -0.05) is 25.6 Å². The van der Waals surface area contributed by atoms with Crippen molar-refractivity contribution in [3.63, 3.8) is 0 Å². The highest BCUT2D eigenvalue weighted by atomic mass is 32.2. The van der Waals surface area contributed by atoms with Gasteiger partial charge < -0.3 is 5.43 Å². The van der Waals surface area contributed by atoms with Gasteiger partial charge in [-0.15, -0.1) is 10.2 Å². The van der Waals surface area contributed by atoms with Gasteiger partial charge in [-0.3, -0.25) is 0 Å². The second-order valence-corrected chi connectivity index (χ2v) is 5.93. The Morgan fingerprint density at radius 1 is 1.32 bits per heavy atom. The third-order valence-corrected chi connectivity index (χ3v) is 4.28. The average molecular weight is 278 g/mol. The van der Waals surface area contributed by atoms with Crippen LogP contribution in [0.15, 0.2) is 29.4 Å². The van der Waals surface area contributed by atoms with Gasteiger partial charge in [0.1, 0.15) is 5.82 Å². The lowest BCUT2D eigenvalue weighted by molar-refractivity contribution is 0.503. The van der Waals surface area contributed by atoms with Crippen LogP contribution in [0, 0.1) is 11.7 Å². The molecule has 2 heterocycles. The molecular formula is C13H15FN4S. The summed E-state index contributed by atoms with van der Waals surface area (Å²) >= 11 is 1.70. The summed E-state index contributed by atoms with van der Waals surface area (Å²) in [6.45, 7) is 4.37. The van der Waals surface area contributed by atoms with E-state index in [9.17, 15) is 4.39 Å². The summed E-state index contributed by atoms with van der Waals surface area (Å²) in [7, 11) is 0. The highest BCUT2D eigenvalue weighted by Crippen LogP contribution is 2.28. The smallest absolute Gasteiger partial charge is 0.210 e. The standard InChI is InChI=1S/C13H15FN4S/c1-8(2)11-7-19-13-16-15-12(18(13)17-11)9-3-5-10(14)6-4-9/h3-6,8,11,17H,7H2,1-2H3. The van der Waals surface area contributed by atoms with E-state index in [4.69, 9.17) is 0 Å². The van der Waals surface area contributed by atoms with Crippen LogP contribution in [0.1, 0.15) is 13.8 Å². The number of rotatable bonds is 2. The monoisotopic (exact) mass is 278 g/mol. The van der Waals surface area contributed by atoms with Gasteiger partial charge in [0.05, 0.1) is 6.04 Å². The molecule has 1 aliphatic rings. The maximum atomic E-state index is 13.0. The maximum Gasteiger partial charge on any atom is 0.210 e. The van der Waals surface area contributed by atoms with E-state index in [1.54, 1.807) is 23.9 Å². The maximum absolute atomic E-state index is 13.0. The van der Waals surface area contributed by atoms with Crippen molar-refractivity contribution in [1.29, 1.82) is 0 Å². The summed E-state index contributed by atoms with van der Waals surface area (Å²) < 4.78 is 14.9. The lowest BCUT2D eigenvalue weighted by atomic mass is 10.1. The Morgan fingerprint density at radius 2 is 2.05 bits per heavy atom. The van der Waals surface area contributed by atoms with Crippen molar-refractivity contribution in [2.75, 3.05) is 11.2 Å². The number of hydrogen-bond donors (Lipinski definition) is 1. The molecule has 100 valence electrons. The van der Waals surface area contributed by atoms with Gasteiger partial charge in [-0.25, -0.2) is 9.07 Å². The van der Waals surface area contributed by atoms with Crippen LogP contribution in [-0.2, 0) is 0 Å².